The third-order valence-corrected chi connectivity index (χ3v) is 4.09. The molecule has 1 aliphatic heterocycles. The van der Waals surface area contributed by atoms with E-state index in [0.29, 0.717) is 6.04 Å². The first-order valence-electron chi connectivity index (χ1n) is 7.49. The lowest BCUT2D eigenvalue weighted by atomic mass is 10.1. The third-order valence-electron chi connectivity index (χ3n) is 4.09. The van der Waals surface area contributed by atoms with Crippen LogP contribution in [0.2, 0.25) is 0 Å². The number of halogens is 1. The summed E-state index contributed by atoms with van der Waals surface area (Å²) in [5.41, 5.74) is 0. The van der Waals surface area contributed by atoms with Crippen LogP contribution in [0.4, 0.5) is 0 Å². The molecule has 0 spiro atoms. The van der Waals surface area contributed by atoms with E-state index in [1.807, 2.05) is 0 Å². The summed E-state index contributed by atoms with van der Waals surface area (Å²) >= 11 is 0. The van der Waals surface area contributed by atoms with E-state index >= 15 is 0 Å². The first-order chi connectivity index (χ1) is 9.65. The molecule has 1 amide bonds. The number of rotatable bonds is 7. The summed E-state index contributed by atoms with van der Waals surface area (Å²) in [6.07, 6.45) is 7.04. The monoisotopic (exact) mass is 320 g/mol. The van der Waals surface area contributed by atoms with Crippen LogP contribution in [0, 0.1) is 0 Å². The van der Waals surface area contributed by atoms with Crippen molar-refractivity contribution in [2.24, 2.45) is 0 Å². The Morgan fingerprint density at radius 3 is 2.48 bits per heavy atom. The average molecular weight is 321 g/mol. The number of carbonyl (C=O) groups excluding carboxylic acids is 1. The summed E-state index contributed by atoms with van der Waals surface area (Å²) in [7, 11) is 0. The summed E-state index contributed by atoms with van der Waals surface area (Å²) in [4.78, 5) is 24.5. The fourth-order valence-corrected chi connectivity index (χ4v) is 3.08. The van der Waals surface area contributed by atoms with Crippen molar-refractivity contribution in [2.75, 3.05) is 26.2 Å². The lowest BCUT2D eigenvalue weighted by Gasteiger charge is -2.30. The van der Waals surface area contributed by atoms with Crippen molar-refractivity contribution < 1.29 is 19.4 Å². The molecule has 6 nitrogen and oxygen atoms in total. The zero-order valence-corrected chi connectivity index (χ0v) is 13.1. The molecule has 0 aromatic carbocycles. The van der Waals surface area contributed by atoms with Crippen molar-refractivity contribution in [2.45, 2.75) is 50.7 Å². The Kier molecular flexibility index (Phi) is 8.00. The molecule has 0 aromatic heterocycles. The Balaban J connectivity index is 0.00000220. The van der Waals surface area contributed by atoms with Crippen LogP contribution >= 0.6 is 12.4 Å². The summed E-state index contributed by atoms with van der Waals surface area (Å²) in [5, 5.41) is 11.0. The van der Waals surface area contributed by atoms with Gasteiger partial charge >= 0.3 is 5.97 Å². The van der Waals surface area contributed by atoms with Gasteiger partial charge in [0.25, 0.3) is 0 Å². The number of aliphatic carboxylic acids is 1. The van der Waals surface area contributed by atoms with Crippen LogP contribution in [0.25, 0.3) is 0 Å². The Bertz CT molecular complexity index is 342. The first kappa shape index (κ1) is 18.2. The molecule has 1 saturated heterocycles. The second-order valence-electron chi connectivity index (χ2n) is 5.67. The van der Waals surface area contributed by atoms with Crippen LogP contribution in [0.5, 0.6) is 0 Å². The van der Waals surface area contributed by atoms with E-state index in [1.54, 1.807) is 0 Å². The summed E-state index contributed by atoms with van der Waals surface area (Å²) in [6, 6.07) is 0.440. The van der Waals surface area contributed by atoms with Gasteiger partial charge in [0, 0.05) is 19.2 Å². The quantitative estimate of drug-likeness (QED) is 0.732. The standard InChI is InChI=1S/C14H24N2O4.ClH/c17-13(15-8-14(18)19)10-16(11-4-1-2-5-11)9-12-6-3-7-20-12;/h11-12H,1-10H2,(H,15,17)(H,18,19);1H. The lowest BCUT2D eigenvalue weighted by molar-refractivity contribution is -0.138. The Morgan fingerprint density at radius 1 is 1.19 bits per heavy atom. The Morgan fingerprint density at radius 2 is 1.90 bits per heavy atom. The second kappa shape index (κ2) is 9.23. The smallest absolute Gasteiger partial charge is 0.322 e. The van der Waals surface area contributed by atoms with Gasteiger partial charge in [-0.1, -0.05) is 12.8 Å². The minimum Gasteiger partial charge on any atom is -0.480 e. The number of hydrogen-bond donors (Lipinski definition) is 2. The van der Waals surface area contributed by atoms with Crippen LogP contribution in [-0.2, 0) is 14.3 Å². The molecule has 1 unspecified atom stereocenters. The number of nitrogens with zero attached hydrogens (tertiary/aromatic N) is 1. The first-order valence-corrected chi connectivity index (χ1v) is 7.49. The van der Waals surface area contributed by atoms with Gasteiger partial charge in [0.15, 0.2) is 0 Å². The van der Waals surface area contributed by atoms with Gasteiger partial charge in [0.05, 0.1) is 12.6 Å². The van der Waals surface area contributed by atoms with Gasteiger partial charge in [-0.3, -0.25) is 14.5 Å². The lowest BCUT2D eigenvalue weighted by Crippen LogP contribution is -2.46. The number of carboxylic acids is 1. The molecule has 0 radical (unpaired) electrons. The average Bonchev–Trinajstić information content (AvgIpc) is 3.08. The van der Waals surface area contributed by atoms with Gasteiger partial charge in [0.1, 0.15) is 6.54 Å². The summed E-state index contributed by atoms with van der Waals surface area (Å²) < 4.78 is 5.66. The molecule has 1 aliphatic carbocycles. The van der Waals surface area contributed by atoms with Crippen molar-refractivity contribution in [1.29, 1.82) is 0 Å². The molecule has 7 heteroatoms. The molecule has 2 N–H and O–H groups in total. The molecule has 122 valence electrons. The molecule has 1 atom stereocenters. The van der Waals surface area contributed by atoms with E-state index in [-0.39, 0.29) is 37.5 Å². The van der Waals surface area contributed by atoms with Gasteiger partial charge < -0.3 is 15.2 Å². The highest BCUT2D eigenvalue weighted by Gasteiger charge is 2.28. The molecule has 21 heavy (non-hydrogen) atoms. The van der Waals surface area contributed by atoms with E-state index in [1.165, 1.54) is 12.8 Å². The van der Waals surface area contributed by atoms with Gasteiger partial charge in [-0.05, 0) is 25.7 Å². The van der Waals surface area contributed by atoms with Crippen LogP contribution in [-0.4, -0.2) is 60.3 Å². The van der Waals surface area contributed by atoms with E-state index in [2.05, 4.69) is 10.2 Å². The minimum absolute atomic E-state index is 0. The van der Waals surface area contributed by atoms with E-state index in [0.717, 1.165) is 38.8 Å². The molecular formula is C14H25ClN2O4. The minimum atomic E-state index is -1.01. The number of hydrogen-bond acceptors (Lipinski definition) is 4. The molecular weight excluding hydrogens is 296 g/mol. The highest BCUT2D eigenvalue weighted by molar-refractivity contribution is 5.85. The third kappa shape index (κ3) is 6.20. The number of carboxylic acid groups (broad SMARTS) is 1. The SMILES string of the molecule is Cl.O=C(O)CNC(=O)CN(CC1CCCO1)C1CCCC1. The highest BCUT2D eigenvalue weighted by Crippen LogP contribution is 2.25. The van der Waals surface area contributed by atoms with Gasteiger partial charge in [0.2, 0.25) is 5.91 Å². The number of amides is 1. The molecule has 1 saturated carbocycles. The van der Waals surface area contributed by atoms with E-state index in [4.69, 9.17) is 9.84 Å². The second-order valence-corrected chi connectivity index (χ2v) is 5.67. The maximum atomic E-state index is 11.8. The van der Waals surface area contributed by atoms with Crippen LogP contribution in [0.15, 0.2) is 0 Å². The van der Waals surface area contributed by atoms with Crippen molar-refractivity contribution >= 4 is 24.3 Å². The fraction of sp³-hybridized carbons (Fsp3) is 0.857. The normalized spacial score (nSPS) is 22.2. The van der Waals surface area contributed by atoms with Crippen molar-refractivity contribution in [3.05, 3.63) is 0 Å². The van der Waals surface area contributed by atoms with E-state index in [9.17, 15) is 9.59 Å². The Hall–Kier alpha value is -0.850. The molecule has 1 heterocycles. The Labute approximate surface area is 131 Å². The predicted molar refractivity (Wildman–Crippen MR) is 80.7 cm³/mol. The highest BCUT2D eigenvalue weighted by atomic mass is 35.5. The number of nitrogens with one attached hydrogen (secondary N) is 1. The van der Waals surface area contributed by atoms with Gasteiger partial charge in [-0.15, -0.1) is 12.4 Å². The zero-order chi connectivity index (χ0) is 14.4. The summed E-state index contributed by atoms with van der Waals surface area (Å²) in [5.74, 6) is -1.22. The largest absolute Gasteiger partial charge is 0.480 e. The van der Waals surface area contributed by atoms with Crippen LogP contribution in [0.1, 0.15) is 38.5 Å². The maximum absolute atomic E-state index is 11.8. The topological polar surface area (TPSA) is 78.9 Å². The molecule has 2 fully saturated rings. The predicted octanol–water partition coefficient (Wildman–Crippen LogP) is 1.03. The fourth-order valence-electron chi connectivity index (χ4n) is 3.08. The van der Waals surface area contributed by atoms with Crippen LogP contribution < -0.4 is 5.32 Å². The molecule has 2 aliphatic rings. The summed E-state index contributed by atoms with van der Waals surface area (Å²) in [6.45, 7) is 1.56. The maximum Gasteiger partial charge on any atom is 0.322 e. The molecule has 2 rings (SSSR count). The van der Waals surface area contributed by atoms with Crippen molar-refractivity contribution in [3.8, 4) is 0 Å². The van der Waals surface area contributed by atoms with Crippen LogP contribution in [0.3, 0.4) is 0 Å². The van der Waals surface area contributed by atoms with Crippen molar-refractivity contribution in [1.82, 2.24) is 10.2 Å². The van der Waals surface area contributed by atoms with Crippen molar-refractivity contribution in [3.63, 3.8) is 0 Å². The molecule has 0 bridgehead atoms. The number of ether oxygens (including phenoxy) is 1. The zero-order valence-electron chi connectivity index (χ0n) is 12.3. The van der Waals surface area contributed by atoms with Gasteiger partial charge in [-0.25, -0.2) is 0 Å². The number of carbonyl (C=O) groups is 2. The van der Waals surface area contributed by atoms with E-state index < -0.39 is 5.97 Å². The molecule has 0 aromatic rings. The van der Waals surface area contributed by atoms with Gasteiger partial charge in [-0.2, -0.15) is 0 Å².